The quantitative estimate of drug-likeness (QED) is 0.829. The third kappa shape index (κ3) is 2.49. The second kappa shape index (κ2) is 5.72. The molecule has 6 nitrogen and oxygen atoms in total. The lowest BCUT2D eigenvalue weighted by atomic mass is 9.99. The Morgan fingerprint density at radius 3 is 2.68 bits per heavy atom. The third-order valence-electron chi connectivity index (χ3n) is 4.38. The number of piperidine rings is 1. The monoisotopic (exact) mass is 321 g/mol. The van der Waals surface area contributed by atoms with E-state index < -0.39 is 5.69 Å². The van der Waals surface area contributed by atoms with Crippen LogP contribution < -0.4 is 11.2 Å². The number of nitrogens with zero attached hydrogens (tertiary/aromatic N) is 3. The molecule has 0 spiro atoms. The number of rotatable bonds is 2. The number of likely N-dealkylation sites (tertiary alicyclic amines) is 1. The molecule has 0 bridgehead atoms. The van der Waals surface area contributed by atoms with Gasteiger partial charge in [-0.15, -0.1) is 11.3 Å². The smallest absolute Gasteiger partial charge is 0.331 e. The number of thiophene rings is 1. The van der Waals surface area contributed by atoms with E-state index in [2.05, 4.69) is 6.92 Å². The summed E-state index contributed by atoms with van der Waals surface area (Å²) in [6, 6.07) is 1.73. The van der Waals surface area contributed by atoms with Crippen LogP contribution in [-0.4, -0.2) is 33.0 Å². The Bertz CT molecular complexity index is 825. The lowest BCUT2D eigenvalue weighted by molar-refractivity contribution is -0.133. The van der Waals surface area contributed by atoms with Crippen molar-refractivity contribution in [1.82, 2.24) is 14.0 Å². The first-order valence-electron chi connectivity index (χ1n) is 7.44. The SMILES string of the molecule is CC1CCN(C(=O)Cn2c(=O)n(C)c(=O)c3sccc32)CC1. The van der Waals surface area contributed by atoms with Crippen molar-refractivity contribution in [3.63, 3.8) is 0 Å². The maximum atomic E-state index is 12.5. The molecule has 7 heteroatoms. The van der Waals surface area contributed by atoms with Crippen LogP contribution in [0.25, 0.3) is 10.2 Å². The Hall–Kier alpha value is -1.89. The van der Waals surface area contributed by atoms with E-state index >= 15 is 0 Å². The molecule has 3 heterocycles. The van der Waals surface area contributed by atoms with Gasteiger partial charge in [0, 0.05) is 20.1 Å². The van der Waals surface area contributed by atoms with Crippen LogP contribution in [0.15, 0.2) is 21.0 Å². The number of carbonyl (C=O) groups is 1. The summed E-state index contributed by atoms with van der Waals surface area (Å²) in [7, 11) is 1.45. The molecule has 2 aromatic rings. The lowest BCUT2D eigenvalue weighted by Gasteiger charge is -2.30. The average molecular weight is 321 g/mol. The predicted octanol–water partition coefficient (Wildman–Crippen LogP) is 1.02. The van der Waals surface area contributed by atoms with Crippen molar-refractivity contribution in [2.45, 2.75) is 26.3 Å². The fourth-order valence-corrected chi connectivity index (χ4v) is 3.71. The van der Waals surface area contributed by atoms with Gasteiger partial charge >= 0.3 is 5.69 Å². The summed E-state index contributed by atoms with van der Waals surface area (Å²) >= 11 is 1.30. The fraction of sp³-hybridized carbons (Fsp3) is 0.533. The van der Waals surface area contributed by atoms with Gasteiger partial charge in [0.1, 0.15) is 11.2 Å². The average Bonchev–Trinajstić information content (AvgIpc) is 2.99. The van der Waals surface area contributed by atoms with E-state index in [1.165, 1.54) is 23.0 Å². The van der Waals surface area contributed by atoms with Gasteiger partial charge in [-0.25, -0.2) is 4.79 Å². The van der Waals surface area contributed by atoms with Gasteiger partial charge < -0.3 is 4.90 Å². The molecule has 1 amide bonds. The molecule has 1 saturated heterocycles. The molecule has 0 N–H and O–H groups in total. The number of carbonyl (C=O) groups excluding carboxylic acids is 1. The Morgan fingerprint density at radius 1 is 1.32 bits per heavy atom. The Morgan fingerprint density at radius 2 is 2.00 bits per heavy atom. The van der Waals surface area contributed by atoms with Crippen molar-refractivity contribution in [1.29, 1.82) is 0 Å². The molecule has 0 unspecified atom stereocenters. The van der Waals surface area contributed by atoms with Gasteiger partial charge in [0.25, 0.3) is 5.56 Å². The summed E-state index contributed by atoms with van der Waals surface area (Å²) in [5, 5.41) is 1.77. The number of hydrogen-bond acceptors (Lipinski definition) is 4. The van der Waals surface area contributed by atoms with Gasteiger partial charge in [-0.1, -0.05) is 6.92 Å². The minimum Gasteiger partial charge on any atom is -0.341 e. The molecule has 0 radical (unpaired) electrons. The van der Waals surface area contributed by atoms with Crippen LogP contribution in [-0.2, 0) is 18.4 Å². The number of hydrogen-bond donors (Lipinski definition) is 0. The van der Waals surface area contributed by atoms with Gasteiger partial charge in [0.2, 0.25) is 5.91 Å². The molecule has 0 aromatic carbocycles. The predicted molar refractivity (Wildman–Crippen MR) is 86.3 cm³/mol. The maximum absolute atomic E-state index is 12.5. The Kier molecular flexibility index (Phi) is 3.90. The molecule has 1 aliphatic heterocycles. The zero-order valence-electron chi connectivity index (χ0n) is 12.7. The highest BCUT2D eigenvalue weighted by molar-refractivity contribution is 7.17. The van der Waals surface area contributed by atoms with E-state index in [4.69, 9.17) is 0 Å². The van der Waals surface area contributed by atoms with Gasteiger partial charge in [-0.2, -0.15) is 0 Å². The molecular weight excluding hydrogens is 302 g/mol. The zero-order valence-corrected chi connectivity index (χ0v) is 13.6. The number of fused-ring (bicyclic) bond motifs is 1. The lowest BCUT2D eigenvalue weighted by Crippen LogP contribution is -2.44. The van der Waals surface area contributed by atoms with Crippen molar-refractivity contribution in [3.05, 3.63) is 32.3 Å². The molecule has 1 aliphatic rings. The van der Waals surface area contributed by atoms with Crippen LogP contribution in [0.4, 0.5) is 0 Å². The van der Waals surface area contributed by atoms with Gasteiger partial charge in [0.05, 0.1) is 5.52 Å². The number of aromatic nitrogens is 2. The highest BCUT2D eigenvalue weighted by Gasteiger charge is 2.22. The molecular formula is C15H19N3O3S. The van der Waals surface area contributed by atoms with E-state index in [0.29, 0.717) is 16.1 Å². The molecule has 0 atom stereocenters. The summed E-state index contributed by atoms with van der Waals surface area (Å²) in [5.41, 5.74) is -0.183. The van der Waals surface area contributed by atoms with Crippen LogP contribution in [0, 0.1) is 5.92 Å². The summed E-state index contributed by atoms with van der Waals surface area (Å²) < 4.78 is 3.00. The summed E-state index contributed by atoms with van der Waals surface area (Å²) in [6.45, 7) is 3.67. The van der Waals surface area contributed by atoms with E-state index in [9.17, 15) is 14.4 Å². The Balaban J connectivity index is 1.94. The van der Waals surface area contributed by atoms with Gasteiger partial charge in [-0.05, 0) is 30.2 Å². The minimum atomic E-state index is -0.436. The first kappa shape index (κ1) is 15.0. The molecule has 1 fully saturated rings. The molecule has 3 rings (SSSR count). The third-order valence-corrected chi connectivity index (χ3v) is 5.27. The van der Waals surface area contributed by atoms with Crippen molar-refractivity contribution in [2.24, 2.45) is 13.0 Å². The highest BCUT2D eigenvalue weighted by atomic mass is 32.1. The van der Waals surface area contributed by atoms with E-state index in [1.54, 1.807) is 11.4 Å². The topological polar surface area (TPSA) is 64.3 Å². The molecule has 22 heavy (non-hydrogen) atoms. The molecule has 118 valence electrons. The highest BCUT2D eigenvalue weighted by Crippen LogP contribution is 2.18. The molecule has 2 aromatic heterocycles. The summed E-state index contributed by atoms with van der Waals surface area (Å²) in [6.07, 6.45) is 2.00. The van der Waals surface area contributed by atoms with Gasteiger partial charge in [0.15, 0.2) is 0 Å². The number of amides is 1. The van der Waals surface area contributed by atoms with Crippen LogP contribution in [0.2, 0.25) is 0 Å². The molecule has 0 saturated carbocycles. The maximum Gasteiger partial charge on any atom is 0.331 e. The van der Waals surface area contributed by atoms with Crippen molar-refractivity contribution in [2.75, 3.05) is 13.1 Å². The Labute approximate surface area is 131 Å². The first-order chi connectivity index (χ1) is 10.5. The second-order valence-electron chi connectivity index (χ2n) is 5.93. The standard InChI is InChI=1S/C15H19N3O3S/c1-10-3-6-17(7-4-10)12(19)9-18-11-5-8-22-13(11)14(20)16(2)15(18)21/h5,8,10H,3-4,6-7,9H2,1-2H3. The van der Waals surface area contributed by atoms with Crippen LogP contribution in [0.1, 0.15) is 19.8 Å². The summed E-state index contributed by atoms with van der Waals surface area (Å²) in [5.74, 6) is 0.591. The van der Waals surface area contributed by atoms with Crippen LogP contribution >= 0.6 is 11.3 Å². The largest absolute Gasteiger partial charge is 0.341 e. The first-order valence-corrected chi connectivity index (χ1v) is 8.32. The fourth-order valence-electron chi connectivity index (χ4n) is 2.84. The molecule has 0 aliphatic carbocycles. The normalized spacial score (nSPS) is 16.4. The van der Waals surface area contributed by atoms with Crippen molar-refractivity contribution in [3.8, 4) is 0 Å². The van der Waals surface area contributed by atoms with Crippen LogP contribution in [0.5, 0.6) is 0 Å². The van der Waals surface area contributed by atoms with E-state index in [-0.39, 0.29) is 18.0 Å². The zero-order chi connectivity index (χ0) is 15.9. The van der Waals surface area contributed by atoms with E-state index in [0.717, 1.165) is 30.5 Å². The van der Waals surface area contributed by atoms with Crippen molar-refractivity contribution < 1.29 is 4.79 Å². The van der Waals surface area contributed by atoms with E-state index in [1.807, 2.05) is 4.90 Å². The van der Waals surface area contributed by atoms with Gasteiger partial charge in [-0.3, -0.25) is 18.7 Å². The summed E-state index contributed by atoms with van der Waals surface area (Å²) in [4.78, 5) is 38.7. The second-order valence-corrected chi connectivity index (χ2v) is 6.85. The van der Waals surface area contributed by atoms with Crippen molar-refractivity contribution >= 4 is 27.5 Å². The minimum absolute atomic E-state index is 0.00539. The van der Waals surface area contributed by atoms with Crippen LogP contribution in [0.3, 0.4) is 0 Å².